The zero-order chi connectivity index (χ0) is 4.12. The molecule has 2 heteroatoms. The van der Waals surface area contributed by atoms with Gasteiger partial charge in [0, 0.05) is 6.21 Å². The normalized spacial score (nSPS) is 9.80. The second-order valence-electron chi connectivity index (χ2n) is 0.740. The summed E-state index contributed by atoms with van der Waals surface area (Å²) in [4.78, 5) is 0. The number of nitrogens with zero attached hydrogens (tertiary/aromatic N) is 1. The summed E-state index contributed by atoms with van der Waals surface area (Å²) >= 11 is 0. The van der Waals surface area contributed by atoms with Crippen molar-refractivity contribution in [2.45, 2.75) is 13.3 Å². The van der Waals surface area contributed by atoms with Crippen LogP contribution < -0.4 is 5.84 Å². The van der Waals surface area contributed by atoms with Gasteiger partial charge in [-0.2, -0.15) is 5.10 Å². The molecular formula is C3H8N2. The Labute approximate surface area is 31.7 Å². The lowest BCUT2D eigenvalue weighted by Gasteiger charge is -1.66. The fourth-order valence-corrected chi connectivity index (χ4v) is 0.105. The Morgan fingerprint density at radius 1 is 2.00 bits per heavy atom. The van der Waals surface area contributed by atoms with Crippen molar-refractivity contribution in [2.75, 3.05) is 0 Å². The molecule has 0 saturated carbocycles. The average molecular weight is 72.1 g/mol. The van der Waals surface area contributed by atoms with E-state index in [2.05, 4.69) is 5.10 Å². The van der Waals surface area contributed by atoms with Gasteiger partial charge in [-0.1, -0.05) is 6.92 Å². The third-order valence-electron chi connectivity index (χ3n) is 0.288. The third kappa shape index (κ3) is 3.47. The first-order chi connectivity index (χ1) is 2.41. The van der Waals surface area contributed by atoms with Gasteiger partial charge in [-0.15, -0.1) is 0 Å². The number of nitrogens with two attached hydrogens (primary N) is 1. The van der Waals surface area contributed by atoms with Gasteiger partial charge in [-0.3, -0.25) is 0 Å². The molecule has 0 heterocycles. The topological polar surface area (TPSA) is 38.4 Å². The van der Waals surface area contributed by atoms with Crippen LogP contribution >= 0.6 is 0 Å². The third-order valence-corrected chi connectivity index (χ3v) is 0.288. The highest BCUT2D eigenvalue weighted by molar-refractivity contribution is 5.55. The molecule has 0 aliphatic rings. The minimum Gasteiger partial charge on any atom is -0.324 e. The quantitative estimate of drug-likeness (QED) is 0.271. The highest BCUT2D eigenvalue weighted by atomic mass is 15.1. The van der Waals surface area contributed by atoms with E-state index in [1.165, 1.54) is 0 Å². The largest absolute Gasteiger partial charge is 0.324 e. The fraction of sp³-hybridized carbons (Fsp3) is 0.667. The van der Waals surface area contributed by atoms with Crippen LogP contribution in [0.1, 0.15) is 13.3 Å². The molecule has 0 saturated heterocycles. The van der Waals surface area contributed by atoms with Crippen LogP contribution in [0.25, 0.3) is 0 Å². The number of hydrogen-bond acceptors (Lipinski definition) is 2. The first-order valence-electron chi connectivity index (χ1n) is 1.63. The molecule has 2 N–H and O–H groups in total. The van der Waals surface area contributed by atoms with Gasteiger partial charge in [0.05, 0.1) is 0 Å². The predicted octanol–water partition coefficient (Wildman–Crippen LogP) is 0.341. The maximum Gasteiger partial charge on any atom is 0.0237 e. The Kier molecular flexibility index (Phi) is 3.10. The Balaban J connectivity index is 2.62. The first-order valence-corrected chi connectivity index (χ1v) is 1.63. The van der Waals surface area contributed by atoms with Crippen molar-refractivity contribution in [3.05, 3.63) is 0 Å². The highest BCUT2D eigenvalue weighted by Crippen LogP contribution is 1.58. The molecular weight excluding hydrogens is 64.0 g/mol. The van der Waals surface area contributed by atoms with Crippen LogP contribution in [0.3, 0.4) is 0 Å². The van der Waals surface area contributed by atoms with Crippen LogP contribution in [0, 0.1) is 0 Å². The zero-order valence-electron chi connectivity index (χ0n) is 3.31. The molecule has 0 aliphatic carbocycles. The van der Waals surface area contributed by atoms with Gasteiger partial charge in [-0.05, 0) is 6.42 Å². The van der Waals surface area contributed by atoms with Crippen molar-refractivity contribution < 1.29 is 0 Å². The van der Waals surface area contributed by atoms with Crippen molar-refractivity contribution in [3.63, 3.8) is 0 Å². The van der Waals surface area contributed by atoms with E-state index >= 15 is 0 Å². The smallest absolute Gasteiger partial charge is 0.0237 e. The summed E-state index contributed by atoms with van der Waals surface area (Å²) in [5.74, 6) is 4.71. The summed E-state index contributed by atoms with van der Waals surface area (Å²) in [7, 11) is 0. The van der Waals surface area contributed by atoms with E-state index < -0.39 is 0 Å². The molecule has 0 rings (SSSR count). The molecule has 0 aromatic rings. The zero-order valence-corrected chi connectivity index (χ0v) is 3.31. The van der Waals surface area contributed by atoms with E-state index in [0.29, 0.717) is 0 Å². The highest BCUT2D eigenvalue weighted by Gasteiger charge is 1.53. The minimum absolute atomic E-state index is 0.927. The summed E-state index contributed by atoms with van der Waals surface area (Å²) in [6.45, 7) is 1.98. The van der Waals surface area contributed by atoms with Gasteiger partial charge in [0.25, 0.3) is 0 Å². The van der Waals surface area contributed by atoms with E-state index in [4.69, 9.17) is 5.84 Å². The van der Waals surface area contributed by atoms with Crippen LogP contribution in [0.15, 0.2) is 5.10 Å². The van der Waals surface area contributed by atoms with Gasteiger partial charge < -0.3 is 5.84 Å². The van der Waals surface area contributed by atoms with Crippen LogP contribution in [-0.2, 0) is 0 Å². The summed E-state index contributed by atoms with van der Waals surface area (Å²) in [6, 6.07) is 0. The van der Waals surface area contributed by atoms with Crippen molar-refractivity contribution in [3.8, 4) is 0 Å². The lowest BCUT2D eigenvalue weighted by Crippen LogP contribution is -1.78. The van der Waals surface area contributed by atoms with Crippen molar-refractivity contribution in [2.24, 2.45) is 10.9 Å². The van der Waals surface area contributed by atoms with Gasteiger partial charge in [0.1, 0.15) is 0 Å². The van der Waals surface area contributed by atoms with E-state index in [1.54, 1.807) is 6.21 Å². The summed E-state index contributed by atoms with van der Waals surface area (Å²) in [6.07, 6.45) is 2.58. The summed E-state index contributed by atoms with van der Waals surface area (Å²) in [5.41, 5.74) is 0. The lowest BCUT2D eigenvalue weighted by molar-refractivity contribution is 1.21. The molecule has 0 aromatic carbocycles. The van der Waals surface area contributed by atoms with Gasteiger partial charge in [0.15, 0.2) is 0 Å². The van der Waals surface area contributed by atoms with Crippen LogP contribution in [0.2, 0.25) is 0 Å². The fourth-order valence-electron chi connectivity index (χ4n) is 0.105. The molecule has 5 heavy (non-hydrogen) atoms. The molecule has 0 amide bonds. The first kappa shape index (κ1) is 4.47. The van der Waals surface area contributed by atoms with E-state index in [9.17, 15) is 0 Å². The lowest BCUT2D eigenvalue weighted by atomic mass is 10.6. The maximum atomic E-state index is 4.71. The van der Waals surface area contributed by atoms with Crippen molar-refractivity contribution >= 4 is 6.21 Å². The number of hydrazone groups is 1. The standard InChI is InChI=1S/C3H8N2/c1-2-3-5-4/h3H,2,4H2,1H3/b5-3-. The maximum absolute atomic E-state index is 4.71. The van der Waals surface area contributed by atoms with Crippen molar-refractivity contribution in [1.82, 2.24) is 0 Å². The Morgan fingerprint density at radius 3 is 2.60 bits per heavy atom. The summed E-state index contributed by atoms with van der Waals surface area (Å²) in [5, 5.41) is 3.23. The molecule has 0 aliphatic heterocycles. The monoisotopic (exact) mass is 72.1 g/mol. The van der Waals surface area contributed by atoms with E-state index in [-0.39, 0.29) is 0 Å². The molecule has 0 fully saturated rings. The minimum atomic E-state index is 0.927. The second kappa shape index (κ2) is 3.47. The Morgan fingerprint density at radius 2 is 2.60 bits per heavy atom. The van der Waals surface area contributed by atoms with E-state index in [0.717, 1.165) is 6.42 Å². The molecule has 0 radical (unpaired) electrons. The SMILES string of the molecule is CC/C=N\N. The van der Waals surface area contributed by atoms with Crippen LogP contribution in [0.5, 0.6) is 0 Å². The Hall–Kier alpha value is -0.530. The molecule has 2 nitrogen and oxygen atoms in total. The second-order valence-corrected chi connectivity index (χ2v) is 0.740. The van der Waals surface area contributed by atoms with E-state index in [1.807, 2.05) is 6.92 Å². The molecule has 0 atom stereocenters. The van der Waals surface area contributed by atoms with Gasteiger partial charge in [0.2, 0.25) is 0 Å². The van der Waals surface area contributed by atoms with Gasteiger partial charge >= 0.3 is 0 Å². The molecule has 0 aromatic heterocycles. The van der Waals surface area contributed by atoms with Gasteiger partial charge in [-0.25, -0.2) is 0 Å². The predicted molar refractivity (Wildman–Crippen MR) is 23.0 cm³/mol. The Bertz CT molecular complexity index is 31.9. The molecule has 0 unspecified atom stereocenters. The molecule has 30 valence electrons. The van der Waals surface area contributed by atoms with Crippen LogP contribution in [-0.4, -0.2) is 6.21 Å². The van der Waals surface area contributed by atoms with Crippen LogP contribution in [0.4, 0.5) is 0 Å². The molecule has 0 bridgehead atoms. The number of rotatable bonds is 1. The number of hydrogen-bond donors (Lipinski definition) is 1. The van der Waals surface area contributed by atoms with Crippen molar-refractivity contribution in [1.29, 1.82) is 0 Å². The molecule has 0 spiro atoms. The summed E-state index contributed by atoms with van der Waals surface area (Å²) < 4.78 is 0. The average Bonchev–Trinajstić information content (AvgIpc) is 1.41.